The summed E-state index contributed by atoms with van der Waals surface area (Å²) in [5, 5.41) is 2.65. The first-order valence-electron chi connectivity index (χ1n) is 10.4. The lowest BCUT2D eigenvalue weighted by molar-refractivity contribution is -0.125. The third-order valence-corrected chi connectivity index (χ3v) is 5.34. The average Bonchev–Trinajstić information content (AvgIpc) is 3.53. The molecule has 1 aromatic rings. The molecule has 0 aromatic heterocycles. The summed E-state index contributed by atoms with van der Waals surface area (Å²) in [5.41, 5.74) is 5.98. The first-order valence-corrected chi connectivity index (χ1v) is 10.4. The summed E-state index contributed by atoms with van der Waals surface area (Å²) in [4.78, 5) is 28.5. The van der Waals surface area contributed by atoms with Crippen LogP contribution in [0.5, 0.6) is 0 Å². The normalized spacial score (nSPS) is 18.4. The van der Waals surface area contributed by atoms with Crippen molar-refractivity contribution in [2.45, 2.75) is 45.2 Å². The van der Waals surface area contributed by atoms with Crippen molar-refractivity contribution >= 4 is 23.2 Å². The molecule has 1 saturated carbocycles. The number of carbonyl (C=O) groups is 2. The van der Waals surface area contributed by atoms with Gasteiger partial charge in [0, 0.05) is 42.6 Å². The van der Waals surface area contributed by atoms with Crippen LogP contribution in [0.15, 0.2) is 18.2 Å². The number of rotatable bonds is 9. The number of carbonyl (C=O) groups excluding carboxylic acids is 2. The number of morpholine rings is 1. The van der Waals surface area contributed by atoms with Crippen LogP contribution in [0.4, 0.5) is 20.2 Å². The van der Waals surface area contributed by atoms with E-state index in [1.54, 1.807) is 6.07 Å². The molecule has 1 saturated heterocycles. The van der Waals surface area contributed by atoms with E-state index in [4.69, 9.17) is 10.5 Å². The Morgan fingerprint density at radius 3 is 2.67 bits per heavy atom. The Morgan fingerprint density at radius 2 is 2.10 bits per heavy atom. The van der Waals surface area contributed by atoms with Crippen LogP contribution >= 0.6 is 0 Å². The van der Waals surface area contributed by atoms with Crippen LogP contribution in [0.1, 0.15) is 38.7 Å². The molecule has 166 valence electrons. The molecule has 1 aliphatic heterocycles. The number of alkyl halides is 2. The fourth-order valence-electron chi connectivity index (χ4n) is 3.77. The fourth-order valence-corrected chi connectivity index (χ4v) is 3.77. The monoisotopic (exact) mass is 424 g/mol. The summed E-state index contributed by atoms with van der Waals surface area (Å²) < 4.78 is 32.6. The second-order valence-corrected chi connectivity index (χ2v) is 8.23. The Kier molecular flexibility index (Phi) is 7.38. The van der Waals surface area contributed by atoms with Gasteiger partial charge in [-0.05, 0) is 37.0 Å². The highest BCUT2D eigenvalue weighted by atomic mass is 19.3. The van der Waals surface area contributed by atoms with E-state index in [-0.39, 0.29) is 36.2 Å². The van der Waals surface area contributed by atoms with E-state index in [0.29, 0.717) is 30.8 Å². The number of amides is 2. The highest BCUT2D eigenvalue weighted by Crippen LogP contribution is 2.33. The van der Waals surface area contributed by atoms with Crippen LogP contribution in [-0.4, -0.2) is 61.6 Å². The minimum absolute atomic E-state index is 0.0400. The number of nitrogens with zero attached hydrogens (tertiary/aromatic N) is 2. The second-order valence-electron chi connectivity index (χ2n) is 8.23. The van der Waals surface area contributed by atoms with Gasteiger partial charge in [0.15, 0.2) is 0 Å². The van der Waals surface area contributed by atoms with E-state index in [1.165, 1.54) is 17.0 Å². The quantitative estimate of drug-likeness (QED) is 0.636. The fraction of sp³-hybridized carbons (Fsp3) is 0.619. The molecule has 30 heavy (non-hydrogen) atoms. The number of hydrogen-bond donors (Lipinski definition) is 2. The van der Waals surface area contributed by atoms with E-state index in [1.807, 2.05) is 0 Å². The van der Waals surface area contributed by atoms with Gasteiger partial charge in [-0.3, -0.25) is 14.5 Å². The van der Waals surface area contributed by atoms with Gasteiger partial charge in [-0.1, -0.05) is 13.8 Å². The molecule has 2 amide bonds. The molecule has 0 bridgehead atoms. The van der Waals surface area contributed by atoms with Gasteiger partial charge >= 0.3 is 0 Å². The third-order valence-electron chi connectivity index (χ3n) is 5.34. The molecular formula is C21H30F2N4O3. The highest BCUT2D eigenvalue weighted by molar-refractivity contribution is 5.97. The summed E-state index contributed by atoms with van der Waals surface area (Å²) in [7, 11) is 0. The van der Waals surface area contributed by atoms with Crippen LogP contribution in [0.3, 0.4) is 0 Å². The second kappa shape index (κ2) is 9.80. The summed E-state index contributed by atoms with van der Waals surface area (Å²) in [5.74, 6) is -0.313. The Balaban J connectivity index is 1.80. The molecule has 9 heteroatoms. The third kappa shape index (κ3) is 5.33. The number of anilines is 2. The van der Waals surface area contributed by atoms with E-state index in [2.05, 4.69) is 24.1 Å². The van der Waals surface area contributed by atoms with Gasteiger partial charge in [-0.2, -0.15) is 0 Å². The van der Waals surface area contributed by atoms with Crippen molar-refractivity contribution in [3.05, 3.63) is 23.8 Å². The van der Waals surface area contributed by atoms with E-state index >= 15 is 0 Å². The number of ether oxygens (including phenoxy) is 1. The average molecular weight is 424 g/mol. The molecule has 1 atom stereocenters. The predicted molar refractivity (Wildman–Crippen MR) is 111 cm³/mol. The number of halogens is 2. The Morgan fingerprint density at radius 1 is 1.37 bits per heavy atom. The minimum atomic E-state index is -2.80. The van der Waals surface area contributed by atoms with Gasteiger partial charge < -0.3 is 20.7 Å². The van der Waals surface area contributed by atoms with Gasteiger partial charge in [0.05, 0.1) is 6.61 Å². The van der Waals surface area contributed by atoms with Crippen molar-refractivity contribution in [3.63, 3.8) is 0 Å². The summed E-state index contributed by atoms with van der Waals surface area (Å²) >= 11 is 0. The van der Waals surface area contributed by atoms with Crippen molar-refractivity contribution in [2.24, 2.45) is 11.7 Å². The summed E-state index contributed by atoms with van der Waals surface area (Å²) in [6.45, 7) is 5.54. The molecule has 3 N–H and O–H groups in total. The molecular weight excluding hydrogens is 394 g/mol. The smallest absolute Gasteiger partial charge is 0.265 e. The maximum Gasteiger partial charge on any atom is 0.265 e. The summed E-state index contributed by atoms with van der Waals surface area (Å²) in [6.07, 6.45) is -0.773. The van der Waals surface area contributed by atoms with Crippen LogP contribution in [0.25, 0.3) is 0 Å². The van der Waals surface area contributed by atoms with Gasteiger partial charge in [0.1, 0.15) is 12.6 Å². The van der Waals surface area contributed by atoms with Crippen molar-refractivity contribution in [2.75, 3.05) is 43.1 Å². The van der Waals surface area contributed by atoms with Crippen molar-refractivity contribution in [3.8, 4) is 0 Å². The Labute approximate surface area is 175 Å². The minimum Gasteiger partial charge on any atom is -0.370 e. The molecule has 1 heterocycles. The number of nitrogens with one attached hydrogen (secondary N) is 1. The molecule has 0 spiro atoms. The molecule has 1 aliphatic carbocycles. The number of hydrogen-bond acceptors (Lipinski definition) is 5. The van der Waals surface area contributed by atoms with Crippen LogP contribution in [0.2, 0.25) is 0 Å². The zero-order valence-electron chi connectivity index (χ0n) is 17.4. The van der Waals surface area contributed by atoms with Gasteiger partial charge in [0.25, 0.3) is 12.3 Å². The molecule has 3 rings (SSSR count). The first-order chi connectivity index (χ1) is 14.3. The molecule has 2 fully saturated rings. The zero-order chi connectivity index (χ0) is 21.8. The zero-order valence-corrected chi connectivity index (χ0v) is 17.4. The van der Waals surface area contributed by atoms with E-state index in [9.17, 15) is 18.4 Å². The topological polar surface area (TPSA) is 87.9 Å². The molecule has 1 aromatic carbocycles. The maximum atomic E-state index is 13.8. The number of nitrogens with two attached hydrogens (primary N) is 1. The van der Waals surface area contributed by atoms with E-state index < -0.39 is 12.5 Å². The van der Waals surface area contributed by atoms with Crippen molar-refractivity contribution in [1.29, 1.82) is 0 Å². The summed E-state index contributed by atoms with van der Waals surface area (Å²) in [6, 6.07) is 3.99. The molecule has 7 nitrogen and oxygen atoms in total. The Bertz CT molecular complexity index is 771. The predicted octanol–water partition coefficient (Wildman–Crippen LogP) is 2.37. The first kappa shape index (κ1) is 22.6. The lowest BCUT2D eigenvalue weighted by Gasteiger charge is -2.32. The lowest BCUT2D eigenvalue weighted by Crippen LogP contribution is -2.51. The molecule has 0 unspecified atom stereocenters. The molecule has 0 radical (unpaired) electrons. The molecule has 2 aliphatic rings. The van der Waals surface area contributed by atoms with Gasteiger partial charge in [-0.25, -0.2) is 8.78 Å². The van der Waals surface area contributed by atoms with Gasteiger partial charge in [-0.15, -0.1) is 0 Å². The van der Waals surface area contributed by atoms with Gasteiger partial charge in [0.2, 0.25) is 5.91 Å². The standard InChI is InChI=1S/C21H30F2N4O3/c1-13(2)11-27(14-3-4-14)18(10-24)21(29)25-17-6-5-15(9-16(17)20(22)23)26-7-8-30-12-19(26)28/h5-6,9,13-14,18,20H,3-4,7-8,10-12,24H2,1-2H3,(H,25,29)/t18-/m1/s1. The van der Waals surface area contributed by atoms with Crippen LogP contribution in [0, 0.1) is 5.92 Å². The maximum absolute atomic E-state index is 13.8. The lowest BCUT2D eigenvalue weighted by atomic mass is 10.1. The SMILES string of the molecule is CC(C)CN(C1CC1)[C@H](CN)C(=O)Nc1ccc(N2CCOCC2=O)cc1C(F)F. The highest BCUT2D eigenvalue weighted by Gasteiger charge is 2.37. The van der Waals surface area contributed by atoms with Crippen LogP contribution in [-0.2, 0) is 14.3 Å². The Hall–Kier alpha value is -2.10. The van der Waals surface area contributed by atoms with Crippen molar-refractivity contribution in [1.82, 2.24) is 4.90 Å². The van der Waals surface area contributed by atoms with Crippen LogP contribution < -0.4 is 16.0 Å². The number of benzene rings is 1. The van der Waals surface area contributed by atoms with Crippen molar-refractivity contribution < 1.29 is 23.1 Å². The van der Waals surface area contributed by atoms with E-state index in [0.717, 1.165) is 19.4 Å². The largest absolute Gasteiger partial charge is 0.370 e.